The summed E-state index contributed by atoms with van der Waals surface area (Å²) < 4.78 is 6.03. The van der Waals surface area contributed by atoms with Crippen LogP contribution in [0.1, 0.15) is 16.1 Å². The van der Waals surface area contributed by atoms with E-state index in [9.17, 15) is 9.59 Å². The summed E-state index contributed by atoms with van der Waals surface area (Å²) in [6.07, 6.45) is 1.57. The zero-order valence-electron chi connectivity index (χ0n) is 15.1. The molecular weight excluding hydrogens is 463 g/mol. The molecule has 1 aliphatic rings. The van der Waals surface area contributed by atoms with Gasteiger partial charge in [-0.25, -0.2) is 0 Å². The van der Waals surface area contributed by atoms with E-state index >= 15 is 0 Å². The van der Waals surface area contributed by atoms with Crippen molar-refractivity contribution in [2.24, 2.45) is 0 Å². The number of hydrogen-bond acceptors (Lipinski definition) is 5. The lowest BCUT2D eigenvalue weighted by Gasteiger charge is -2.15. The second-order valence-electron chi connectivity index (χ2n) is 6.15. The standard InChI is InChI=1S/C21H12Cl2N2O3S2/c22-13-6-8-15(16(23)10-13)17-9-7-14(28-17)11-18-20(27)25(21(29)30-18)24-19(26)12-4-2-1-3-5-12/h1-11H,(H,24,26)/b18-11+. The van der Waals surface area contributed by atoms with Crippen molar-refractivity contribution in [2.75, 3.05) is 0 Å². The van der Waals surface area contributed by atoms with E-state index < -0.39 is 11.8 Å². The number of thioether (sulfide) groups is 1. The Morgan fingerprint density at radius 3 is 2.60 bits per heavy atom. The molecule has 2 aromatic carbocycles. The van der Waals surface area contributed by atoms with Gasteiger partial charge in [0.15, 0.2) is 4.32 Å². The van der Waals surface area contributed by atoms with Crippen molar-refractivity contribution >= 4 is 69.4 Å². The van der Waals surface area contributed by atoms with Gasteiger partial charge in [-0.05, 0) is 54.7 Å². The van der Waals surface area contributed by atoms with Gasteiger partial charge in [-0.15, -0.1) is 0 Å². The second kappa shape index (κ2) is 8.65. The van der Waals surface area contributed by atoms with Crippen molar-refractivity contribution in [3.63, 3.8) is 0 Å². The Hall–Kier alpha value is -2.58. The van der Waals surface area contributed by atoms with Crippen molar-refractivity contribution in [3.05, 3.63) is 86.9 Å². The van der Waals surface area contributed by atoms with Crippen LogP contribution < -0.4 is 5.43 Å². The Labute approximate surface area is 191 Å². The normalized spacial score (nSPS) is 15.1. The van der Waals surface area contributed by atoms with Crippen LogP contribution in [0.25, 0.3) is 17.4 Å². The minimum absolute atomic E-state index is 0.225. The molecule has 1 N–H and O–H groups in total. The van der Waals surface area contributed by atoms with Gasteiger partial charge in [0.2, 0.25) is 0 Å². The predicted octanol–water partition coefficient (Wildman–Crippen LogP) is 5.80. The number of nitrogens with one attached hydrogen (secondary N) is 1. The number of rotatable bonds is 4. The quantitative estimate of drug-likeness (QED) is 0.382. The van der Waals surface area contributed by atoms with Crippen LogP contribution >= 0.6 is 47.2 Å². The highest BCUT2D eigenvalue weighted by atomic mass is 35.5. The van der Waals surface area contributed by atoms with E-state index in [1.807, 2.05) is 0 Å². The smallest absolute Gasteiger partial charge is 0.285 e. The maximum Gasteiger partial charge on any atom is 0.285 e. The number of halogens is 2. The van der Waals surface area contributed by atoms with E-state index in [2.05, 4.69) is 5.43 Å². The first-order valence-electron chi connectivity index (χ1n) is 8.61. The number of furan rings is 1. The zero-order chi connectivity index (χ0) is 21.3. The van der Waals surface area contributed by atoms with Crippen LogP contribution in [0, 0.1) is 0 Å². The first-order chi connectivity index (χ1) is 14.4. The molecule has 150 valence electrons. The molecule has 30 heavy (non-hydrogen) atoms. The molecule has 0 radical (unpaired) electrons. The number of hydrogen-bond donors (Lipinski definition) is 1. The SMILES string of the molecule is O=C(NN1C(=O)/C(=C\c2ccc(-c3ccc(Cl)cc3Cl)o2)SC1=S)c1ccccc1. The van der Waals surface area contributed by atoms with Gasteiger partial charge in [0.05, 0.1) is 9.93 Å². The van der Waals surface area contributed by atoms with E-state index in [0.717, 1.165) is 16.8 Å². The summed E-state index contributed by atoms with van der Waals surface area (Å²) in [5, 5.41) is 2.04. The highest BCUT2D eigenvalue weighted by molar-refractivity contribution is 8.26. The van der Waals surface area contributed by atoms with Crippen LogP contribution in [-0.4, -0.2) is 21.1 Å². The molecule has 2 heterocycles. The Kier molecular flexibility index (Phi) is 5.97. The average molecular weight is 475 g/mol. The third-order valence-corrected chi connectivity index (χ3v) is 5.99. The van der Waals surface area contributed by atoms with Gasteiger partial charge in [-0.2, -0.15) is 5.01 Å². The van der Waals surface area contributed by atoms with Crippen LogP contribution in [0.4, 0.5) is 0 Å². The van der Waals surface area contributed by atoms with E-state index in [-0.39, 0.29) is 4.32 Å². The maximum absolute atomic E-state index is 12.7. The van der Waals surface area contributed by atoms with Crippen molar-refractivity contribution < 1.29 is 14.0 Å². The molecule has 5 nitrogen and oxygen atoms in total. The summed E-state index contributed by atoms with van der Waals surface area (Å²) in [6, 6.07) is 17.1. The molecule has 1 aliphatic heterocycles. The Balaban J connectivity index is 1.52. The van der Waals surface area contributed by atoms with Crippen LogP contribution in [0.15, 0.2) is 70.0 Å². The highest BCUT2D eigenvalue weighted by Gasteiger charge is 2.34. The predicted molar refractivity (Wildman–Crippen MR) is 123 cm³/mol. The third-order valence-electron chi connectivity index (χ3n) is 4.14. The lowest BCUT2D eigenvalue weighted by Crippen LogP contribution is -2.44. The van der Waals surface area contributed by atoms with Crippen molar-refractivity contribution in [1.82, 2.24) is 10.4 Å². The molecule has 0 unspecified atom stereocenters. The summed E-state index contributed by atoms with van der Waals surface area (Å²) in [5.74, 6) is 0.129. The molecule has 9 heteroatoms. The van der Waals surface area contributed by atoms with Gasteiger partial charge >= 0.3 is 0 Å². The highest BCUT2D eigenvalue weighted by Crippen LogP contribution is 2.35. The van der Waals surface area contributed by atoms with Gasteiger partial charge < -0.3 is 4.42 Å². The van der Waals surface area contributed by atoms with E-state index in [4.69, 9.17) is 39.8 Å². The summed E-state index contributed by atoms with van der Waals surface area (Å²) in [6.45, 7) is 0. The molecule has 2 amide bonds. The third kappa shape index (κ3) is 4.29. The Morgan fingerprint density at radius 2 is 1.87 bits per heavy atom. The van der Waals surface area contributed by atoms with Crippen LogP contribution in [0.3, 0.4) is 0 Å². The molecule has 1 saturated heterocycles. The fourth-order valence-electron chi connectivity index (χ4n) is 2.71. The van der Waals surface area contributed by atoms with Gasteiger partial charge in [0.1, 0.15) is 11.5 Å². The van der Waals surface area contributed by atoms with Crippen LogP contribution in [0.5, 0.6) is 0 Å². The van der Waals surface area contributed by atoms with E-state index in [1.54, 1.807) is 66.7 Å². The molecule has 0 aliphatic carbocycles. The fraction of sp³-hybridized carbons (Fsp3) is 0. The van der Waals surface area contributed by atoms with Gasteiger partial charge in [-0.3, -0.25) is 15.0 Å². The van der Waals surface area contributed by atoms with Crippen molar-refractivity contribution in [3.8, 4) is 11.3 Å². The summed E-state index contributed by atoms with van der Waals surface area (Å²) in [7, 11) is 0. The monoisotopic (exact) mass is 474 g/mol. The number of carbonyl (C=O) groups is 2. The number of thiocarbonyl (C=S) groups is 1. The molecule has 0 saturated carbocycles. The molecular formula is C21H12Cl2N2O3S2. The molecule has 0 bridgehead atoms. The molecule has 1 aromatic heterocycles. The van der Waals surface area contributed by atoms with Crippen LogP contribution in [0.2, 0.25) is 10.0 Å². The Bertz CT molecular complexity index is 1190. The van der Waals surface area contributed by atoms with E-state index in [1.165, 1.54) is 0 Å². The topological polar surface area (TPSA) is 62.6 Å². The maximum atomic E-state index is 12.7. The van der Waals surface area contributed by atoms with Crippen LogP contribution in [-0.2, 0) is 4.79 Å². The Morgan fingerprint density at radius 1 is 1.10 bits per heavy atom. The lowest BCUT2D eigenvalue weighted by atomic mass is 10.2. The summed E-state index contributed by atoms with van der Waals surface area (Å²) >= 11 is 18.5. The lowest BCUT2D eigenvalue weighted by molar-refractivity contribution is -0.123. The summed E-state index contributed by atoms with van der Waals surface area (Å²) in [4.78, 5) is 25.4. The minimum Gasteiger partial charge on any atom is -0.457 e. The molecule has 4 rings (SSSR count). The average Bonchev–Trinajstić information content (AvgIpc) is 3.29. The molecule has 0 atom stereocenters. The molecule has 1 fully saturated rings. The second-order valence-corrected chi connectivity index (χ2v) is 8.67. The number of benzene rings is 2. The van der Waals surface area contributed by atoms with Gasteiger partial charge in [-0.1, -0.05) is 53.2 Å². The van der Waals surface area contributed by atoms with E-state index in [0.29, 0.717) is 37.6 Å². The van der Waals surface area contributed by atoms with Crippen molar-refractivity contribution in [2.45, 2.75) is 0 Å². The number of carbonyl (C=O) groups excluding carboxylic acids is 2. The largest absolute Gasteiger partial charge is 0.457 e. The van der Waals surface area contributed by atoms with Gasteiger partial charge in [0, 0.05) is 22.2 Å². The number of amides is 2. The van der Waals surface area contributed by atoms with Gasteiger partial charge in [0.25, 0.3) is 11.8 Å². The molecule has 0 spiro atoms. The minimum atomic E-state index is -0.434. The van der Waals surface area contributed by atoms with Crippen molar-refractivity contribution in [1.29, 1.82) is 0 Å². The number of hydrazine groups is 1. The fourth-order valence-corrected chi connectivity index (χ4v) is 4.37. The first kappa shape index (κ1) is 20.7. The molecule has 3 aromatic rings. The number of nitrogens with zero attached hydrogens (tertiary/aromatic N) is 1. The zero-order valence-corrected chi connectivity index (χ0v) is 18.2. The summed E-state index contributed by atoms with van der Waals surface area (Å²) in [5.41, 5.74) is 3.64. The first-order valence-corrected chi connectivity index (χ1v) is 10.6.